The molecule has 1 aliphatic rings. The van der Waals surface area contributed by atoms with E-state index in [1.807, 2.05) is 54.6 Å². The first kappa shape index (κ1) is 33.3. The minimum absolute atomic E-state index is 0.0201. The fourth-order valence-electron chi connectivity index (χ4n) is 4.00. The number of amidine groups is 1. The molecule has 0 saturated heterocycles. The first-order chi connectivity index (χ1) is 20.4. The number of rotatable bonds is 11. The average Bonchev–Trinajstić information content (AvgIpc) is 3.54. The maximum Gasteiger partial charge on any atom is 0.490 e. The molecule has 0 unspecified atom stereocenters. The predicted molar refractivity (Wildman–Crippen MR) is 157 cm³/mol. The van der Waals surface area contributed by atoms with E-state index in [0.29, 0.717) is 13.1 Å². The molecule has 0 atom stereocenters. The molecule has 0 saturated carbocycles. The Bertz CT molecular complexity index is 1500. The van der Waals surface area contributed by atoms with Gasteiger partial charge in [0.15, 0.2) is 9.84 Å². The average molecular weight is 619 g/mol. The molecule has 1 aliphatic heterocycles. The number of carboxylic acids is 1. The van der Waals surface area contributed by atoms with Gasteiger partial charge in [0.05, 0.1) is 11.4 Å². The van der Waals surface area contributed by atoms with Crippen LogP contribution in [0, 0.1) is 0 Å². The van der Waals surface area contributed by atoms with E-state index in [1.165, 1.54) is 0 Å². The van der Waals surface area contributed by atoms with Crippen molar-refractivity contribution in [2.75, 3.05) is 39.1 Å². The van der Waals surface area contributed by atoms with Gasteiger partial charge in [-0.15, -0.1) is 0 Å². The molecule has 3 aromatic carbocycles. The van der Waals surface area contributed by atoms with Crippen molar-refractivity contribution in [2.45, 2.75) is 23.9 Å². The van der Waals surface area contributed by atoms with Crippen LogP contribution in [0.15, 0.2) is 88.8 Å². The van der Waals surface area contributed by atoms with Crippen LogP contribution < -0.4 is 10.6 Å². The van der Waals surface area contributed by atoms with E-state index in [0.717, 1.165) is 47.6 Å². The van der Waals surface area contributed by atoms with Crippen molar-refractivity contribution in [3.05, 3.63) is 90.0 Å². The third-order valence-corrected chi connectivity index (χ3v) is 8.01. The lowest BCUT2D eigenvalue weighted by atomic mass is 10.1. The number of carbonyl (C=O) groups excluding carboxylic acids is 1. The van der Waals surface area contributed by atoms with Crippen molar-refractivity contribution >= 4 is 27.5 Å². The summed E-state index contributed by atoms with van der Waals surface area (Å²) in [4.78, 5) is 27.7. The second kappa shape index (κ2) is 15.3. The van der Waals surface area contributed by atoms with Crippen molar-refractivity contribution in [1.82, 2.24) is 15.5 Å². The Balaban J connectivity index is 0.000000646. The zero-order valence-electron chi connectivity index (χ0n) is 23.5. The number of hydrogen-bond donors (Lipinski definition) is 3. The van der Waals surface area contributed by atoms with Gasteiger partial charge < -0.3 is 20.6 Å². The number of alkyl halides is 3. The molecule has 3 N–H and O–H groups in total. The van der Waals surface area contributed by atoms with E-state index < -0.39 is 22.0 Å². The number of likely N-dealkylation sites (N-methyl/N-ethyl adjacent to an activating group) is 1. The van der Waals surface area contributed by atoms with E-state index >= 15 is 0 Å². The molecule has 1 amide bonds. The highest BCUT2D eigenvalue weighted by atomic mass is 32.2. The molecule has 0 aliphatic carbocycles. The number of amides is 1. The molecule has 230 valence electrons. The number of carbonyl (C=O) groups is 2. The van der Waals surface area contributed by atoms with Gasteiger partial charge in [-0.05, 0) is 35.2 Å². The maximum absolute atomic E-state index is 12.7. The fourth-order valence-corrected chi connectivity index (χ4v) is 5.13. The molecule has 0 aromatic heterocycles. The Hall–Kier alpha value is -4.23. The number of nitrogens with zero attached hydrogens (tertiary/aromatic N) is 2. The zero-order valence-corrected chi connectivity index (χ0v) is 24.3. The summed E-state index contributed by atoms with van der Waals surface area (Å²) >= 11 is 0. The Morgan fingerprint density at radius 3 is 2.09 bits per heavy atom. The highest BCUT2D eigenvalue weighted by molar-refractivity contribution is 7.91. The third kappa shape index (κ3) is 10.5. The number of carboxylic acid groups (broad SMARTS) is 1. The summed E-state index contributed by atoms with van der Waals surface area (Å²) in [5.41, 5.74) is 4.23. The van der Waals surface area contributed by atoms with Crippen molar-refractivity contribution in [3.8, 4) is 11.1 Å². The van der Waals surface area contributed by atoms with E-state index in [-0.39, 0.29) is 23.1 Å². The molecule has 0 fully saturated rings. The number of benzene rings is 3. The van der Waals surface area contributed by atoms with E-state index in [1.54, 1.807) is 24.1 Å². The highest BCUT2D eigenvalue weighted by Gasteiger charge is 2.38. The number of hydrogen-bond acceptors (Lipinski definition) is 7. The van der Waals surface area contributed by atoms with Crippen molar-refractivity contribution in [3.63, 3.8) is 0 Å². The van der Waals surface area contributed by atoms with Crippen LogP contribution in [0.4, 0.5) is 13.2 Å². The fraction of sp³-hybridized carbons (Fsp3) is 0.300. The van der Waals surface area contributed by atoms with E-state index in [4.69, 9.17) is 9.90 Å². The van der Waals surface area contributed by atoms with Crippen LogP contribution in [0.2, 0.25) is 0 Å². The molecule has 0 spiro atoms. The third-order valence-electron chi connectivity index (χ3n) is 6.43. The summed E-state index contributed by atoms with van der Waals surface area (Å²) in [7, 11) is -1.71. The lowest BCUT2D eigenvalue weighted by Crippen LogP contribution is -2.32. The van der Waals surface area contributed by atoms with Gasteiger partial charge in [0.25, 0.3) is 0 Å². The van der Waals surface area contributed by atoms with Crippen molar-refractivity contribution < 1.29 is 36.3 Å². The lowest BCUT2D eigenvalue weighted by Gasteiger charge is -2.17. The number of aliphatic imine (C=N–C) groups is 1. The zero-order chi connectivity index (χ0) is 31.5. The van der Waals surface area contributed by atoms with Crippen LogP contribution in [0.3, 0.4) is 0 Å². The van der Waals surface area contributed by atoms with Crippen LogP contribution in [-0.4, -0.2) is 81.4 Å². The smallest absolute Gasteiger partial charge is 0.475 e. The second-order valence-corrected chi connectivity index (χ2v) is 11.6. The molecule has 3 aromatic rings. The van der Waals surface area contributed by atoms with E-state index in [9.17, 15) is 26.4 Å². The SMILES string of the molecule is CN(CCc1ccc(C2=NCCN2)cc1)C(=O)CCNCS(=O)(=O)c1ccc(-c2ccccc2)cc1.O=C(O)C(F)(F)F. The lowest BCUT2D eigenvalue weighted by molar-refractivity contribution is -0.192. The molecule has 43 heavy (non-hydrogen) atoms. The monoisotopic (exact) mass is 618 g/mol. The van der Waals surface area contributed by atoms with Crippen LogP contribution >= 0.6 is 0 Å². The Morgan fingerprint density at radius 2 is 1.53 bits per heavy atom. The number of nitrogens with one attached hydrogen (secondary N) is 2. The minimum Gasteiger partial charge on any atom is -0.475 e. The van der Waals surface area contributed by atoms with E-state index in [2.05, 4.69) is 27.8 Å². The quantitative estimate of drug-likeness (QED) is 0.279. The summed E-state index contributed by atoms with van der Waals surface area (Å²) in [6, 6.07) is 24.9. The molecule has 0 bridgehead atoms. The van der Waals surface area contributed by atoms with Gasteiger partial charge in [-0.25, -0.2) is 13.2 Å². The molecule has 4 rings (SSSR count). The first-order valence-corrected chi connectivity index (χ1v) is 15.0. The van der Waals surface area contributed by atoms with Gasteiger partial charge in [-0.2, -0.15) is 13.2 Å². The van der Waals surface area contributed by atoms with Gasteiger partial charge in [-0.3, -0.25) is 9.79 Å². The first-order valence-electron chi connectivity index (χ1n) is 13.4. The van der Waals surface area contributed by atoms with Crippen LogP contribution in [0.25, 0.3) is 11.1 Å². The van der Waals surface area contributed by atoms with Gasteiger partial charge in [0, 0.05) is 38.7 Å². The number of aliphatic carboxylic acids is 1. The van der Waals surface area contributed by atoms with Crippen molar-refractivity contribution in [2.24, 2.45) is 4.99 Å². The Labute approximate surface area is 248 Å². The predicted octanol–water partition coefficient (Wildman–Crippen LogP) is 3.75. The van der Waals surface area contributed by atoms with Crippen LogP contribution in [0.5, 0.6) is 0 Å². The number of sulfone groups is 1. The summed E-state index contributed by atoms with van der Waals surface area (Å²) in [6.07, 6.45) is -4.09. The minimum atomic E-state index is -5.08. The van der Waals surface area contributed by atoms with Crippen molar-refractivity contribution in [1.29, 1.82) is 0 Å². The molecule has 13 heteroatoms. The van der Waals surface area contributed by atoms with Gasteiger partial charge >= 0.3 is 12.1 Å². The summed E-state index contributed by atoms with van der Waals surface area (Å²) in [5.74, 6) is -2.05. The van der Waals surface area contributed by atoms with Crippen LogP contribution in [0.1, 0.15) is 17.5 Å². The molecule has 1 heterocycles. The second-order valence-electron chi connectivity index (χ2n) is 9.62. The Morgan fingerprint density at radius 1 is 0.953 bits per heavy atom. The number of halogens is 3. The maximum atomic E-state index is 12.7. The summed E-state index contributed by atoms with van der Waals surface area (Å²) < 4.78 is 57.0. The van der Waals surface area contributed by atoms with Crippen LogP contribution in [-0.2, 0) is 25.8 Å². The summed E-state index contributed by atoms with van der Waals surface area (Å²) in [6.45, 7) is 2.59. The summed E-state index contributed by atoms with van der Waals surface area (Å²) in [5, 5.41) is 13.3. The van der Waals surface area contributed by atoms with Gasteiger partial charge in [0.2, 0.25) is 5.91 Å². The standard InChI is InChI=1S/C28H32N4O3S.C2HF3O2/c1-32(20-16-22-7-9-25(10-8-22)28-30-18-19-31-28)27(33)15-17-29-21-36(34,35)26-13-11-24(12-14-26)23-5-3-2-4-6-23;3-2(4,5)1(6)7/h2-14,29H,15-21H2,1H3,(H,30,31);(H,6,7). The molecular formula is C30H33F3N4O5S. The van der Waals surface area contributed by atoms with Gasteiger partial charge in [0.1, 0.15) is 11.7 Å². The topological polar surface area (TPSA) is 128 Å². The van der Waals surface area contributed by atoms with Gasteiger partial charge in [-0.1, -0.05) is 66.7 Å². The normalized spacial score (nSPS) is 12.9. The highest BCUT2D eigenvalue weighted by Crippen LogP contribution is 2.21. The Kier molecular flexibility index (Phi) is 11.8. The molecule has 0 radical (unpaired) electrons. The molecule has 9 nitrogen and oxygen atoms in total. The molecular weight excluding hydrogens is 585 g/mol. The largest absolute Gasteiger partial charge is 0.490 e.